The number of hydrogen-bond acceptors (Lipinski definition) is 2. The molecule has 0 aliphatic heterocycles. The molecule has 0 amide bonds. The van der Waals surface area contributed by atoms with E-state index in [-0.39, 0.29) is 5.97 Å². The highest BCUT2D eigenvalue weighted by molar-refractivity contribution is 6.43. The monoisotopic (exact) mass is 270 g/mol. The standard InChI is InChI=1S/C10H13Cl3O2/c1-6(4-11)7(12)10(13)5-9(10,2)8(14)15-3/h4-5H2,1-3H3/b7-6+/t9-,10-/m0/s1. The lowest BCUT2D eigenvalue weighted by atomic mass is 10.1. The van der Waals surface area contributed by atoms with Gasteiger partial charge in [0.05, 0.1) is 17.4 Å². The summed E-state index contributed by atoms with van der Waals surface area (Å²) in [5.41, 5.74) is 0.0641. The highest BCUT2D eigenvalue weighted by Crippen LogP contribution is 2.66. The Bertz CT molecular complexity index is 327. The summed E-state index contributed by atoms with van der Waals surface area (Å²) in [6.07, 6.45) is 0.487. The molecule has 86 valence electrons. The van der Waals surface area contributed by atoms with Crippen molar-refractivity contribution in [2.75, 3.05) is 13.0 Å². The van der Waals surface area contributed by atoms with Crippen LogP contribution in [-0.4, -0.2) is 23.8 Å². The Morgan fingerprint density at radius 2 is 2.07 bits per heavy atom. The summed E-state index contributed by atoms with van der Waals surface area (Å²) in [4.78, 5) is 10.7. The van der Waals surface area contributed by atoms with Crippen LogP contribution in [-0.2, 0) is 9.53 Å². The third-order valence-electron chi connectivity index (χ3n) is 2.91. The molecule has 0 aromatic rings. The van der Waals surface area contributed by atoms with Gasteiger partial charge in [-0.3, -0.25) is 4.79 Å². The van der Waals surface area contributed by atoms with Crippen LogP contribution in [0.3, 0.4) is 0 Å². The lowest BCUT2D eigenvalue weighted by molar-refractivity contribution is -0.146. The van der Waals surface area contributed by atoms with Crippen molar-refractivity contribution in [3.63, 3.8) is 0 Å². The Morgan fingerprint density at radius 1 is 1.53 bits per heavy atom. The highest BCUT2D eigenvalue weighted by atomic mass is 35.5. The van der Waals surface area contributed by atoms with Crippen molar-refractivity contribution in [3.05, 3.63) is 10.6 Å². The Morgan fingerprint density at radius 3 is 2.47 bits per heavy atom. The second-order valence-electron chi connectivity index (χ2n) is 4.03. The Hall–Kier alpha value is 0.0800. The van der Waals surface area contributed by atoms with Crippen molar-refractivity contribution >= 4 is 40.8 Å². The highest BCUT2D eigenvalue weighted by Gasteiger charge is 2.71. The predicted molar refractivity (Wildman–Crippen MR) is 62.6 cm³/mol. The fraction of sp³-hybridized carbons (Fsp3) is 0.700. The number of esters is 1. The first-order valence-electron chi connectivity index (χ1n) is 4.52. The molecule has 15 heavy (non-hydrogen) atoms. The van der Waals surface area contributed by atoms with Crippen molar-refractivity contribution < 1.29 is 9.53 Å². The van der Waals surface area contributed by atoms with Crippen LogP contribution in [0.25, 0.3) is 0 Å². The zero-order chi connectivity index (χ0) is 11.9. The first-order valence-corrected chi connectivity index (χ1v) is 5.81. The quantitative estimate of drug-likeness (QED) is 0.581. The van der Waals surface area contributed by atoms with Crippen LogP contribution in [0.15, 0.2) is 10.6 Å². The second kappa shape index (κ2) is 4.15. The number of carbonyl (C=O) groups is 1. The largest absolute Gasteiger partial charge is 0.469 e. The van der Waals surface area contributed by atoms with Crippen LogP contribution in [0.4, 0.5) is 0 Å². The van der Waals surface area contributed by atoms with Crippen LogP contribution < -0.4 is 0 Å². The maximum Gasteiger partial charge on any atom is 0.313 e. The maximum absolute atomic E-state index is 11.5. The van der Waals surface area contributed by atoms with E-state index in [1.165, 1.54) is 7.11 Å². The summed E-state index contributed by atoms with van der Waals surface area (Å²) in [7, 11) is 1.34. The van der Waals surface area contributed by atoms with Crippen molar-refractivity contribution in [2.24, 2.45) is 5.41 Å². The molecule has 1 fully saturated rings. The molecule has 2 nitrogen and oxygen atoms in total. The van der Waals surface area contributed by atoms with Crippen molar-refractivity contribution in [3.8, 4) is 0 Å². The van der Waals surface area contributed by atoms with Gasteiger partial charge < -0.3 is 4.74 Å². The summed E-state index contributed by atoms with van der Waals surface area (Å²) >= 11 is 18.1. The van der Waals surface area contributed by atoms with Gasteiger partial charge in [-0.15, -0.1) is 23.2 Å². The fourth-order valence-corrected chi connectivity index (χ4v) is 2.67. The molecule has 0 spiro atoms. The van der Waals surface area contributed by atoms with E-state index in [0.29, 0.717) is 17.3 Å². The third-order valence-corrected chi connectivity index (χ3v) is 4.79. The van der Waals surface area contributed by atoms with Gasteiger partial charge in [0.15, 0.2) is 0 Å². The summed E-state index contributed by atoms with van der Waals surface area (Å²) in [6.45, 7) is 3.55. The molecular weight excluding hydrogens is 258 g/mol. The zero-order valence-corrected chi connectivity index (χ0v) is 11.1. The molecule has 1 aliphatic carbocycles. The average molecular weight is 272 g/mol. The van der Waals surface area contributed by atoms with Crippen LogP contribution in [0.1, 0.15) is 20.3 Å². The molecule has 0 radical (unpaired) electrons. The van der Waals surface area contributed by atoms with E-state index < -0.39 is 10.3 Å². The minimum atomic E-state index is -0.833. The van der Waals surface area contributed by atoms with E-state index in [2.05, 4.69) is 0 Å². The molecule has 0 heterocycles. The number of allylic oxidation sites excluding steroid dienone is 2. The SMILES string of the molecule is COC(=O)[C@]1(C)C[C@]1(Cl)/C(Cl)=C(/C)CCl. The normalized spacial score (nSPS) is 35.9. The fourth-order valence-electron chi connectivity index (χ4n) is 1.62. The number of rotatable bonds is 3. The smallest absolute Gasteiger partial charge is 0.313 e. The van der Waals surface area contributed by atoms with Crippen LogP contribution in [0.2, 0.25) is 0 Å². The first kappa shape index (κ1) is 13.1. The van der Waals surface area contributed by atoms with E-state index in [0.717, 1.165) is 5.57 Å². The first-order chi connectivity index (χ1) is 6.83. The molecule has 2 atom stereocenters. The molecule has 1 rings (SSSR count). The molecule has 1 aliphatic rings. The van der Waals surface area contributed by atoms with Gasteiger partial charge in [0, 0.05) is 10.9 Å². The maximum atomic E-state index is 11.5. The van der Waals surface area contributed by atoms with Gasteiger partial charge in [0.2, 0.25) is 0 Å². The number of alkyl halides is 2. The molecule has 0 aromatic carbocycles. The van der Waals surface area contributed by atoms with E-state index in [9.17, 15) is 4.79 Å². The molecule has 5 heteroatoms. The Kier molecular flexibility index (Phi) is 3.64. The van der Waals surface area contributed by atoms with Gasteiger partial charge >= 0.3 is 5.97 Å². The van der Waals surface area contributed by atoms with Gasteiger partial charge in [-0.1, -0.05) is 11.6 Å². The van der Waals surface area contributed by atoms with Crippen molar-refractivity contribution in [1.82, 2.24) is 0 Å². The van der Waals surface area contributed by atoms with Crippen LogP contribution in [0, 0.1) is 5.41 Å². The average Bonchev–Trinajstić information content (AvgIpc) is 2.81. The molecule has 0 unspecified atom stereocenters. The number of carbonyl (C=O) groups excluding carboxylic acids is 1. The van der Waals surface area contributed by atoms with Crippen molar-refractivity contribution in [2.45, 2.75) is 25.1 Å². The minimum Gasteiger partial charge on any atom is -0.469 e. The van der Waals surface area contributed by atoms with Gasteiger partial charge in [-0.2, -0.15) is 0 Å². The topological polar surface area (TPSA) is 26.3 Å². The molecular formula is C10H13Cl3O2. The number of ether oxygens (including phenoxy) is 1. The van der Waals surface area contributed by atoms with Gasteiger partial charge in [0.25, 0.3) is 0 Å². The number of methoxy groups -OCH3 is 1. The summed E-state index contributed by atoms with van der Waals surface area (Å²) in [6, 6.07) is 0. The predicted octanol–water partition coefficient (Wildman–Crippen LogP) is 3.30. The zero-order valence-electron chi connectivity index (χ0n) is 8.86. The molecule has 1 saturated carbocycles. The van der Waals surface area contributed by atoms with E-state index >= 15 is 0 Å². The van der Waals surface area contributed by atoms with Gasteiger partial charge in [0.1, 0.15) is 0 Å². The van der Waals surface area contributed by atoms with Crippen molar-refractivity contribution in [1.29, 1.82) is 0 Å². The number of hydrogen-bond donors (Lipinski definition) is 0. The van der Waals surface area contributed by atoms with Crippen LogP contribution >= 0.6 is 34.8 Å². The van der Waals surface area contributed by atoms with Crippen LogP contribution in [0.5, 0.6) is 0 Å². The Balaban J connectivity index is 2.97. The van der Waals surface area contributed by atoms with E-state index in [1.807, 2.05) is 0 Å². The summed E-state index contributed by atoms with van der Waals surface area (Å²) in [5.74, 6) is -0.0251. The van der Waals surface area contributed by atoms with E-state index in [1.54, 1.807) is 13.8 Å². The van der Waals surface area contributed by atoms with Gasteiger partial charge in [-0.05, 0) is 25.8 Å². The molecule has 0 saturated heterocycles. The molecule has 0 aromatic heterocycles. The second-order valence-corrected chi connectivity index (χ2v) is 5.32. The Labute approximate surface area is 105 Å². The van der Waals surface area contributed by atoms with E-state index in [4.69, 9.17) is 39.5 Å². The third kappa shape index (κ3) is 1.88. The minimum absolute atomic E-state index is 0.310. The summed E-state index contributed by atoms with van der Waals surface area (Å²) < 4.78 is 4.70. The summed E-state index contributed by atoms with van der Waals surface area (Å²) in [5, 5.41) is 0.465. The lowest BCUT2D eigenvalue weighted by Gasteiger charge is -2.15. The number of halogens is 3. The molecule has 0 bridgehead atoms. The molecule has 0 N–H and O–H groups in total. The van der Waals surface area contributed by atoms with Gasteiger partial charge in [-0.25, -0.2) is 0 Å². The lowest BCUT2D eigenvalue weighted by Crippen LogP contribution is -2.23.